The smallest absolute Gasteiger partial charge is 0.339 e. The third-order valence-electron chi connectivity index (χ3n) is 3.10. The highest BCUT2D eigenvalue weighted by Crippen LogP contribution is 2.28. The number of aromatic carboxylic acids is 1. The number of carboxylic acid groups (broad SMARTS) is 1. The Labute approximate surface area is 88.9 Å². The van der Waals surface area contributed by atoms with Crippen LogP contribution in [0, 0.1) is 6.92 Å². The topological polar surface area (TPSA) is 55.1 Å². The highest BCUT2D eigenvalue weighted by molar-refractivity contribution is 5.88. The third-order valence-corrected chi connectivity index (χ3v) is 3.10. The van der Waals surface area contributed by atoms with Crippen molar-refractivity contribution in [3.63, 3.8) is 0 Å². The van der Waals surface area contributed by atoms with Gasteiger partial charge in [-0.25, -0.2) is 4.79 Å². The second-order valence-corrected chi connectivity index (χ2v) is 4.21. The molecule has 2 rings (SSSR count). The van der Waals surface area contributed by atoms with Crippen LogP contribution < -0.4 is 0 Å². The van der Waals surface area contributed by atoms with E-state index < -0.39 is 5.97 Å². The summed E-state index contributed by atoms with van der Waals surface area (Å²) in [5, 5.41) is 13.2. The molecule has 15 heavy (non-hydrogen) atoms. The average molecular weight is 208 g/mol. The van der Waals surface area contributed by atoms with Gasteiger partial charge in [-0.3, -0.25) is 4.68 Å². The van der Waals surface area contributed by atoms with Crippen LogP contribution in [0.1, 0.15) is 54.2 Å². The predicted molar refractivity (Wildman–Crippen MR) is 56.0 cm³/mol. The summed E-state index contributed by atoms with van der Waals surface area (Å²) in [5.74, 6) is -0.880. The number of hydrogen-bond acceptors (Lipinski definition) is 2. The molecule has 0 aliphatic heterocycles. The van der Waals surface area contributed by atoms with Gasteiger partial charge in [0, 0.05) is 6.20 Å². The Morgan fingerprint density at radius 2 is 2.13 bits per heavy atom. The van der Waals surface area contributed by atoms with Crippen molar-refractivity contribution < 1.29 is 9.90 Å². The van der Waals surface area contributed by atoms with Crippen LogP contribution in [0.15, 0.2) is 6.20 Å². The van der Waals surface area contributed by atoms with E-state index in [9.17, 15) is 4.79 Å². The molecule has 1 aliphatic rings. The molecule has 0 saturated heterocycles. The molecule has 4 heteroatoms. The van der Waals surface area contributed by atoms with Crippen LogP contribution in [0.2, 0.25) is 0 Å². The van der Waals surface area contributed by atoms with Crippen LogP contribution in [0.5, 0.6) is 0 Å². The largest absolute Gasteiger partial charge is 0.478 e. The van der Waals surface area contributed by atoms with Crippen molar-refractivity contribution in [1.29, 1.82) is 0 Å². The van der Waals surface area contributed by atoms with Crippen molar-refractivity contribution in [3.8, 4) is 0 Å². The molecule has 1 N–H and O–H groups in total. The normalized spacial score (nSPS) is 17.9. The summed E-state index contributed by atoms with van der Waals surface area (Å²) in [6.45, 7) is 1.75. The molecular formula is C11H16N2O2. The number of carboxylic acids is 1. The minimum absolute atomic E-state index is 0.334. The molecule has 1 heterocycles. The van der Waals surface area contributed by atoms with Crippen molar-refractivity contribution in [2.75, 3.05) is 0 Å². The van der Waals surface area contributed by atoms with Gasteiger partial charge in [-0.05, 0) is 19.8 Å². The SMILES string of the molecule is Cc1nn(C2CCCCC2)cc1C(=O)O. The Balaban J connectivity index is 2.21. The minimum atomic E-state index is -0.880. The Kier molecular flexibility index (Phi) is 2.75. The minimum Gasteiger partial charge on any atom is -0.478 e. The van der Waals surface area contributed by atoms with E-state index in [2.05, 4.69) is 5.10 Å². The maximum atomic E-state index is 10.9. The number of aryl methyl sites for hydroxylation is 1. The van der Waals surface area contributed by atoms with Crippen LogP contribution in [0.4, 0.5) is 0 Å². The van der Waals surface area contributed by atoms with Gasteiger partial charge in [0.1, 0.15) is 5.56 Å². The lowest BCUT2D eigenvalue weighted by Crippen LogP contribution is -2.13. The quantitative estimate of drug-likeness (QED) is 0.811. The van der Waals surface area contributed by atoms with E-state index in [-0.39, 0.29) is 0 Å². The fourth-order valence-electron chi connectivity index (χ4n) is 2.22. The van der Waals surface area contributed by atoms with Crippen molar-refractivity contribution in [2.24, 2.45) is 0 Å². The highest BCUT2D eigenvalue weighted by atomic mass is 16.4. The van der Waals surface area contributed by atoms with Crippen molar-refractivity contribution in [2.45, 2.75) is 45.1 Å². The number of rotatable bonds is 2. The average Bonchev–Trinajstić information content (AvgIpc) is 2.62. The number of hydrogen-bond donors (Lipinski definition) is 1. The van der Waals surface area contributed by atoms with Gasteiger partial charge in [0.05, 0.1) is 11.7 Å². The highest BCUT2D eigenvalue weighted by Gasteiger charge is 2.19. The standard InChI is InChI=1S/C11H16N2O2/c1-8-10(11(14)15)7-13(12-8)9-5-3-2-4-6-9/h7,9H,2-6H2,1H3,(H,14,15). The number of aromatic nitrogens is 2. The fourth-order valence-corrected chi connectivity index (χ4v) is 2.22. The summed E-state index contributed by atoms with van der Waals surface area (Å²) in [6.07, 6.45) is 7.68. The van der Waals surface area contributed by atoms with Crippen LogP contribution in [-0.4, -0.2) is 20.9 Å². The van der Waals surface area contributed by atoms with E-state index in [0.29, 0.717) is 17.3 Å². The van der Waals surface area contributed by atoms with E-state index in [4.69, 9.17) is 5.11 Å². The fraction of sp³-hybridized carbons (Fsp3) is 0.636. The second kappa shape index (κ2) is 4.04. The summed E-state index contributed by atoms with van der Waals surface area (Å²) in [5.41, 5.74) is 0.952. The molecule has 0 atom stereocenters. The Hall–Kier alpha value is -1.32. The first-order valence-corrected chi connectivity index (χ1v) is 5.47. The maximum absolute atomic E-state index is 10.9. The molecule has 1 saturated carbocycles. The van der Waals surface area contributed by atoms with E-state index in [1.165, 1.54) is 19.3 Å². The summed E-state index contributed by atoms with van der Waals surface area (Å²) >= 11 is 0. The molecule has 0 aromatic carbocycles. The van der Waals surface area contributed by atoms with Crippen LogP contribution >= 0.6 is 0 Å². The van der Waals surface area contributed by atoms with E-state index in [1.807, 2.05) is 4.68 Å². The molecule has 1 aliphatic carbocycles. The summed E-state index contributed by atoms with van der Waals surface area (Å²) < 4.78 is 1.85. The molecule has 0 spiro atoms. The lowest BCUT2D eigenvalue weighted by Gasteiger charge is -2.21. The van der Waals surface area contributed by atoms with Gasteiger partial charge >= 0.3 is 5.97 Å². The van der Waals surface area contributed by atoms with Crippen LogP contribution in [0.3, 0.4) is 0 Å². The zero-order valence-corrected chi connectivity index (χ0v) is 8.94. The summed E-state index contributed by atoms with van der Waals surface area (Å²) in [7, 11) is 0. The molecule has 0 amide bonds. The van der Waals surface area contributed by atoms with Crippen LogP contribution in [0.25, 0.3) is 0 Å². The van der Waals surface area contributed by atoms with Gasteiger partial charge in [0.2, 0.25) is 0 Å². The molecular weight excluding hydrogens is 192 g/mol. The monoisotopic (exact) mass is 208 g/mol. The van der Waals surface area contributed by atoms with Gasteiger partial charge in [-0.1, -0.05) is 19.3 Å². The van der Waals surface area contributed by atoms with E-state index in [0.717, 1.165) is 12.8 Å². The second-order valence-electron chi connectivity index (χ2n) is 4.21. The van der Waals surface area contributed by atoms with Crippen molar-refractivity contribution >= 4 is 5.97 Å². The van der Waals surface area contributed by atoms with Gasteiger partial charge < -0.3 is 5.11 Å². The molecule has 1 aromatic heterocycles. The Bertz CT molecular complexity index is 365. The molecule has 0 unspecified atom stereocenters. The van der Waals surface area contributed by atoms with E-state index in [1.54, 1.807) is 13.1 Å². The zero-order valence-electron chi connectivity index (χ0n) is 8.94. The lowest BCUT2D eigenvalue weighted by molar-refractivity contribution is 0.0696. The maximum Gasteiger partial charge on any atom is 0.339 e. The summed E-state index contributed by atoms with van der Waals surface area (Å²) in [4.78, 5) is 10.9. The van der Waals surface area contributed by atoms with E-state index >= 15 is 0 Å². The Morgan fingerprint density at radius 3 is 2.67 bits per heavy atom. The van der Waals surface area contributed by atoms with Gasteiger partial charge in [0.15, 0.2) is 0 Å². The molecule has 4 nitrogen and oxygen atoms in total. The lowest BCUT2D eigenvalue weighted by atomic mass is 9.96. The summed E-state index contributed by atoms with van der Waals surface area (Å²) in [6, 6.07) is 0.408. The first kappa shape index (κ1) is 10.2. The molecule has 0 bridgehead atoms. The zero-order chi connectivity index (χ0) is 10.8. The first-order chi connectivity index (χ1) is 7.18. The third kappa shape index (κ3) is 2.03. The molecule has 82 valence electrons. The predicted octanol–water partition coefficient (Wildman–Crippen LogP) is 2.39. The van der Waals surface area contributed by atoms with Crippen molar-refractivity contribution in [1.82, 2.24) is 9.78 Å². The van der Waals surface area contributed by atoms with Crippen LogP contribution in [-0.2, 0) is 0 Å². The van der Waals surface area contributed by atoms with Gasteiger partial charge in [-0.2, -0.15) is 5.10 Å². The molecule has 1 aromatic rings. The number of carbonyl (C=O) groups is 1. The first-order valence-electron chi connectivity index (χ1n) is 5.47. The van der Waals surface area contributed by atoms with Gasteiger partial charge in [-0.15, -0.1) is 0 Å². The molecule has 0 radical (unpaired) electrons. The molecule has 1 fully saturated rings. The van der Waals surface area contributed by atoms with Crippen molar-refractivity contribution in [3.05, 3.63) is 17.5 Å². The van der Waals surface area contributed by atoms with Gasteiger partial charge in [0.25, 0.3) is 0 Å². The number of nitrogens with zero attached hydrogens (tertiary/aromatic N) is 2. The Morgan fingerprint density at radius 1 is 1.47 bits per heavy atom.